The van der Waals surface area contributed by atoms with E-state index in [-0.39, 0.29) is 12.6 Å². The molecule has 0 fully saturated rings. The highest BCUT2D eigenvalue weighted by atomic mass is 32.1. The predicted molar refractivity (Wildman–Crippen MR) is 82.7 cm³/mol. The van der Waals surface area contributed by atoms with E-state index >= 15 is 0 Å². The van der Waals surface area contributed by atoms with Crippen LogP contribution in [0.3, 0.4) is 0 Å². The number of aryl methyl sites for hydroxylation is 2. The summed E-state index contributed by atoms with van der Waals surface area (Å²) >= 11 is 1.72. The van der Waals surface area contributed by atoms with Gasteiger partial charge < -0.3 is 5.11 Å². The fourth-order valence-corrected chi connectivity index (χ4v) is 3.11. The van der Waals surface area contributed by atoms with Gasteiger partial charge in [0, 0.05) is 26.2 Å². The van der Waals surface area contributed by atoms with Gasteiger partial charge in [-0.25, -0.2) is 0 Å². The lowest BCUT2D eigenvalue weighted by molar-refractivity contribution is 0.104. The number of thiophene rings is 1. The van der Waals surface area contributed by atoms with Gasteiger partial charge in [-0.05, 0) is 41.8 Å². The molecule has 2 rings (SSSR count). The van der Waals surface area contributed by atoms with Gasteiger partial charge in [-0.15, -0.1) is 0 Å². The van der Waals surface area contributed by atoms with Gasteiger partial charge in [0.2, 0.25) is 0 Å². The third kappa shape index (κ3) is 3.69. The van der Waals surface area contributed by atoms with E-state index in [0.717, 1.165) is 25.2 Å². The molecule has 0 amide bonds. The molecule has 0 bridgehead atoms. The Kier molecular flexibility index (Phi) is 5.34. The molecule has 0 aliphatic rings. The van der Waals surface area contributed by atoms with Crippen LogP contribution >= 0.6 is 11.3 Å². The summed E-state index contributed by atoms with van der Waals surface area (Å²) in [6, 6.07) is 4.45. The van der Waals surface area contributed by atoms with E-state index in [2.05, 4.69) is 39.8 Å². The van der Waals surface area contributed by atoms with E-state index in [1.807, 2.05) is 18.7 Å². The lowest BCUT2D eigenvalue weighted by Crippen LogP contribution is -2.37. The van der Waals surface area contributed by atoms with E-state index in [9.17, 15) is 5.11 Å². The highest BCUT2D eigenvalue weighted by molar-refractivity contribution is 7.07. The summed E-state index contributed by atoms with van der Waals surface area (Å²) in [6.07, 6.45) is 0.942. The molecule has 0 saturated carbocycles. The molecular weight excluding hydrogens is 270 g/mol. The zero-order valence-corrected chi connectivity index (χ0v) is 13.2. The Hall–Kier alpha value is -1.17. The molecule has 2 aromatic heterocycles. The molecule has 0 spiro atoms. The third-order valence-electron chi connectivity index (χ3n) is 3.63. The lowest BCUT2D eigenvalue weighted by Gasteiger charge is -2.29. The largest absolute Gasteiger partial charge is 0.395 e. The summed E-state index contributed by atoms with van der Waals surface area (Å²) in [5.41, 5.74) is 3.53. The topological polar surface area (TPSA) is 41.3 Å². The van der Waals surface area contributed by atoms with Crippen molar-refractivity contribution >= 4 is 11.3 Å². The zero-order chi connectivity index (χ0) is 14.5. The Morgan fingerprint density at radius 2 is 2.25 bits per heavy atom. The van der Waals surface area contributed by atoms with Crippen molar-refractivity contribution in [1.29, 1.82) is 0 Å². The van der Waals surface area contributed by atoms with E-state index in [1.165, 1.54) is 11.3 Å². The molecule has 0 saturated heterocycles. The number of nitrogens with zero attached hydrogens (tertiary/aromatic N) is 3. The van der Waals surface area contributed by atoms with Crippen molar-refractivity contribution in [2.75, 3.05) is 6.61 Å². The Balaban J connectivity index is 2.15. The van der Waals surface area contributed by atoms with E-state index in [1.54, 1.807) is 11.3 Å². The molecule has 0 aliphatic heterocycles. The van der Waals surface area contributed by atoms with Gasteiger partial charge in [-0.2, -0.15) is 16.4 Å². The summed E-state index contributed by atoms with van der Waals surface area (Å²) in [5.74, 6) is 0. The molecule has 2 heterocycles. The molecule has 2 aromatic rings. The quantitative estimate of drug-likeness (QED) is 0.853. The number of aliphatic hydroxyl groups is 1. The van der Waals surface area contributed by atoms with E-state index in [4.69, 9.17) is 0 Å². The van der Waals surface area contributed by atoms with Crippen LogP contribution in [-0.2, 0) is 20.1 Å². The van der Waals surface area contributed by atoms with Crippen molar-refractivity contribution in [2.24, 2.45) is 7.05 Å². The normalized spacial score (nSPS) is 13.1. The van der Waals surface area contributed by atoms with Crippen molar-refractivity contribution in [1.82, 2.24) is 14.7 Å². The molecule has 5 heteroatoms. The maximum absolute atomic E-state index is 9.62. The Bertz CT molecular complexity index is 517. The molecule has 4 nitrogen and oxygen atoms in total. The molecule has 1 unspecified atom stereocenters. The highest BCUT2D eigenvalue weighted by Crippen LogP contribution is 2.17. The number of aromatic nitrogens is 2. The number of rotatable bonds is 7. The van der Waals surface area contributed by atoms with Crippen molar-refractivity contribution in [3.63, 3.8) is 0 Å². The summed E-state index contributed by atoms with van der Waals surface area (Å²) < 4.78 is 1.93. The monoisotopic (exact) mass is 293 g/mol. The first kappa shape index (κ1) is 15.2. The second-order valence-corrected chi connectivity index (χ2v) is 5.96. The fourth-order valence-electron chi connectivity index (χ4n) is 2.45. The minimum atomic E-state index is 0.185. The highest BCUT2D eigenvalue weighted by Gasteiger charge is 2.18. The van der Waals surface area contributed by atoms with Gasteiger partial charge in [-0.1, -0.05) is 6.92 Å². The Morgan fingerprint density at radius 1 is 1.45 bits per heavy atom. The third-order valence-corrected chi connectivity index (χ3v) is 4.36. The summed E-state index contributed by atoms with van der Waals surface area (Å²) in [4.78, 5) is 2.33. The standard InChI is InChI=1S/C15H23N3OS/c1-4-14(10-19)18(8-13-5-6-20-11-13)9-15-7-12(2)16-17(15)3/h5-7,11,14,19H,4,8-10H2,1-3H3. The van der Waals surface area contributed by atoms with Crippen molar-refractivity contribution in [3.8, 4) is 0 Å². The minimum Gasteiger partial charge on any atom is -0.395 e. The lowest BCUT2D eigenvalue weighted by atomic mass is 10.1. The molecule has 20 heavy (non-hydrogen) atoms. The summed E-state index contributed by atoms with van der Waals surface area (Å²) in [5, 5.41) is 18.3. The zero-order valence-electron chi connectivity index (χ0n) is 12.4. The fraction of sp³-hybridized carbons (Fsp3) is 0.533. The van der Waals surface area contributed by atoms with Crippen molar-refractivity contribution < 1.29 is 5.11 Å². The number of hydrogen-bond acceptors (Lipinski definition) is 4. The maximum Gasteiger partial charge on any atom is 0.0597 e. The van der Waals surface area contributed by atoms with Gasteiger partial charge in [0.15, 0.2) is 0 Å². The minimum absolute atomic E-state index is 0.185. The molecule has 1 atom stereocenters. The van der Waals surface area contributed by atoms with Crippen LogP contribution in [0, 0.1) is 6.92 Å². The summed E-state index contributed by atoms with van der Waals surface area (Å²) in [6.45, 7) is 6.00. The van der Waals surface area contributed by atoms with E-state index < -0.39 is 0 Å². The molecule has 1 N–H and O–H groups in total. The predicted octanol–water partition coefficient (Wildman–Crippen LogP) is 2.56. The smallest absolute Gasteiger partial charge is 0.0597 e. The second kappa shape index (κ2) is 7.02. The first-order valence-electron chi connectivity index (χ1n) is 6.99. The second-order valence-electron chi connectivity index (χ2n) is 5.18. The Morgan fingerprint density at radius 3 is 2.75 bits per heavy atom. The first-order chi connectivity index (χ1) is 9.63. The number of hydrogen-bond donors (Lipinski definition) is 1. The van der Waals surface area contributed by atoms with Crippen LogP contribution in [0.15, 0.2) is 22.9 Å². The Labute approximate surface area is 124 Å². The van der Waals surface area contributed by atoms with Crippen LogP contribution in [-0.4, -0.2) is 32.4 Å². The van der Waals surface area contributed by atoms with Gasteiger partial charge in [0.25, 0.3) is 0 Å². The molecule has 0 aromatic carbocycles. The van der Waals surface area contributed by atoms with Crippen LogP contribution in [0.5, 0.6) is 0 Å². The average Bonchev–Trinajstić information content (AvgIpc) is 3.01. The maximum atomic E-state index is 9.62. The first-order valence-corrected chi connectivity index (χ1v) is 7.93. The average molecular weight is 293 g/mol. The van der Waals surface area contributed by atoms with Crippen molar-refractivity contribution in [3.05, 3.63) is 39.8 Å². The molecular formula is C15H23N3OS. The van der Waals surface area contributed by atoms with E-state index in [0.29, 0.717) is 0 Å². The van der Waals surface area contributed by atoms with Gasteiger partial charge >= 0.3 is 0 Å². The van der Waals surface area contributed by atoms with Crippen LogP contribution < -0.4 is 0 Å². The van der Waals surface area contributed by atoms with Crippen LogP contribution in [0.1, 0.15) is 30.3 Å². The number of aliphatic hydroxyl groups excluding tert-OH is 1. The molecule has 0 aliphatic carbocycles. The summed E-state index contributed by atoms with van der Waals surface area (Å²) in [7, 11) is 1.98. The van der Waals surface area contributed by atoms with Gasteiger partial charge in [0.05, 0.1) is 18.0 Å². The molecule has 110 valence electrons. The van der Waals surface area contributed by atoms with Gasteiger partial charge in [0.1, 0.15) is 0 Å². The van der Waals surface area contributed by atoms with Crippen LogP contribution in [0.25, 0.3) is 0 Å². The van der Waals surface area contributed by atoms with Crippen LogP contribution in [0.2, 0.25) is 0 Å². The van der Waals surface area contributed by atoms with Crippen molar-refractivity contribution in [2.45, 2.75) is 39.4 Å². The molecule has 0 radical (unpaired) electrons. The SMILES string of the molecule is CCC(CO)N(Cc1ccsc1)Cc1cc(C)nn1C. The van der Waals surface area contributed by atoms with Crippen LogP contribution in [0.4, 0.5) is 0 Å². The van der Waals surface area contributed by atoms with Gasteiger partial charge in [-0.3, -0.25) is 9.58 Å².